The Labute approximate surface area is 60.4 Å². The lowest BCUT2D eigenvalue weighted by Gasteiger charge is -1.96. The molecule has 3 heteroatoms. The average molecular weight is 143 g/mol. The summed E-state index contributed by atoms with van der Waals surface area (Å²) in [4.78, 5) is 8.36. The zero-order chi connectivity index (χ0) is 7.45. The first-order chi connectivity index (χ1) is 4.83. The van der Waals surface area contributed by atoms with Crippen molar-refractivity contribution in [2.45, 2.75) is 19.3 Å². The highest BCUT2D eigenvalue weighted by Crippen LogP contribution is 2.49. The monoisotopic (exact) mass is 143 g/mol. The van der Waals surface area contributed by atoms with Crippen LogP contribution in [0.4, 0.5) is 0 Å². The fraction of sp³-hybridized carbons (Fsp3) is 0.857. The van der Waals surface area contributed by atoms with Gasteiger partial charge in [0.2, 0.25) is 0 Å². The summed E-state index contributed by atoms with van der Waals surface area (Å²) < 4.78 is 0. The first-order valence-electron chi connectivity index (χ1n) is 3.62. The molecule has 0 aromatic rings. The third-order valence-electron chi connectivity index (χ3n) is 2.29. The van der Waals surface area contributed by atoms with E-state index in [4.69, 9.17) is 9.90 Å². The lowest BCUT2D eigenvalue weighted by Crippen LogP contribution is -2.08. The van der Waals surface area contributed by atoms with E-state index in [-0.39, 0.29) is 6.47 Å². The van der Waals surface area contributed by atoms with Gasteiger partial charge in [0.05, 0.1) is 0 Å². The minimum Gasteiger partial charge on any atom is -0.483 e. The molecule has 2 N–H and O–H groups in total. The van der Waals surface area contributed by atoms with Gasteiger partial charge in [-0.05, 0) is 31.2 Å². The average Bonchev–Trinajstić information content (AvgIpc) is 2.42. The highest BCUT2D eigenvalue weighted by atomic mass is 16.3. The summed E-state index contributed by atoms with van der Waals surface area (Å²) in [6.45, 7) is 2.34. The van der Waals surface area contributed by atoms with E-state index in [0.717, 1.165) is 5.41 Å². The Morgan fingerprint density at radius 2 is 2.00 bits per heavy atom. The zero-order valence-electron chi connectivity index (χ0n) is 5.97. The molecule has 0 amide bonds. The maximum Gasteiger partial charge on any atom is 0.290 e. The van der Waals surface area contributed by atoms with Crippen molar-refractivity contribution in [1.82, 2.24) is 5.32 Å². The molecule has 1 saturated heterocycles. The quantitative estimate of drug-likeness (QED) is 0.484. The van der Waals surface area contributed by atoms with Crippen molar-refractivity contribution in [1.29, 1.82) is 0 Å². The van der Waals surface area contributed by atoms with E-state index in [1.54, 1.807) is 0 Å². The van der Waals surface area contributed by atoms with Crippen LogP contribution in [-0.4, -0.2) is 24.7 Å². The van der Waals surface area contributed by atoms with Crippen LogP contribution < -0.4 is 5.32 Å². The van der Waals surface area contributed by atoms with Gasteiger partial charge in [0.25, 0.3) is 6.47 Å². The number of hydrogen-bond donors (Lipinski definition) is 2. The van der Waals surface area contributed by atoms with Crippen LogP contribution in [0.15, 0.2) is 0 Å². The molecule has 1 saturated carbocycles. The highest BCUT2D eigenvalue weighted by Gasteiger charge is 2.44. The second-order valence-electron chi connectivity index (χ2n) is 3.03. The van der Waals surface area contributed by atoms with E-state index in [9.17, 15) is 0 Å². The minimum absolute atomic E-state index is 0.250. The smallest absolute Gasteiger partial charge is 0.290 e. The lowest BCUT2D eigenvalue weighted by molar-refractivity contribution is -0.122. The summed E-state index contributed by atoms with van der Waals surface area (Å²) in [5, 5.41) is 10.3. The fourth-order valence-electron chi connectivity index (χ4n) is 1.40. The van der Waals surface area contributed by atoms with Gasteiger partial charge in [-0.2, -0.15) is 0 Å². The number of hydrogen-bond acceptors (Lipinski definition) is 2. The van der Waals surface area contributed by atoms with Gasteiger partial charge in [-0.1, -0.05) is 0 Å². The third kappa shape index (κ3) is 1.70. The summed E-state index contributed by atoms with van der Waals surface area (Å²) in [5.74, 6) is 0. The van der Waals surface area contributed by atoms with Crippen LogP contribution in [0.2, 0.25) is 0 Å². The number of carbonyl (C=O) groups is 1. The summed E-state index contributed by atoms with van der Waals surface area (Å²) in [7, 11) is 0. The van der Waals surface area contributed by atoms with Gasteiger partial charge < -0.3 is 10.4 Å². The molecule has 0 atom stereocenters. The van der Waals surface area contributed by atoms with Crippen molar-refractivity contribution >= 4 is 6.47 Å². The van der Waals surface area contributed by atoms with E-state index >= 15 is 0 Å². The van der Waals surface area contributed by atoms with Gasteiger partial charge in [0.1, 0.15) is 0 Å². The molecule has 0 unspecified atom stereocenters. The molecule has 3 nitrogen and oxygen atoms in total. The molecule has 2 aliphatic rings. The summed E-state index contributed by atoms with van der Waals surface area (Å²) in [6.07, 6.45) is 4.45. The molecule has 1 aliphatic carbocycles. The van der Waals surface area contributed by atoms with Gasteiger partial charge in [0.15, 0.2) is 0 Å². The van der Waals surface area contributed by atoms with E-state index in [1.807, 2.05) is 0 Å². The summed E-state index contributed by atoms with van der Waals surface area (Å²) in [6, 6.07) is 0. The zero-order valence-corrected chi connectivity index (χ0v) is 5.97. The van der Waals surface area contributed by atoms with E-state index in [0.29, 0.717) is 0 Å². The maximum absolute atomic E-state index is 8.36. The molecule has 0 bridgehead atoms. The SMILES string of the molecule is C1CC2(CC2)CN1.O=CO. The van der Waals surface area contributed by atoms with Crippen molar-refractivity contribution < 1.29 is 9.90 Å². The van der Waals surface area contributed by atoms with Crippen LogP contribution in [0.25, 0.3) is 0 Å². The molecule has 0 aromatic heterocycles. The second-order valence-corrected chi connectivity index (χ2v) is 3.03. The molecule has 1 heterocycles. The Morgan fingerprint density at radius 3 is 2.20 bits per heavy atom. The maximum atomic E-state index is 8.36. The normalized spacial score (nSPS) is 25.2. The molecule has 0 radical (unpaired) electrons. The standard InChI is InChI=1S/C6H11N.CH2O2/c1-2-6(1)3-4-7-5-6;2-1-3/h7H,1-5H2;1H,(H,2,3). The molecule has 0 aromatic carbocycles. The molecule has 1 aliphatic heterocycles. The van der Waals surface area contributed by atoms with Gasteiger partial charge in [0, 0.05) is 6.54 Å². The lowest BCUT2D eigenvalue weighted by atomic mass is 10.1. The van der Waals surface area contributed by atoms with Crippen LogP contribution in [0.5, 0.6) is 0 Å². The Morgan fingerprint density at radius 1 is 1.40 bits per heavy atom. The summed E-state index contributed by atoms with van der Waals surface area (Å²) >= 11 is 0. The van der Waals surface area contributed by atoms with Gasteiger partial charge in [-0.3, -0.25) is 4.79 Å². The van der Waals surface area contributed by atoms with Crippen molar-refractivity contribution in [3.05, 3.63) is 0 Å². The highest BCUT2D eigenvalue weighted by molar-refractivity contribution is 5.32. The van der Waals surface area contributed by atoms with Crippen molar-refractivity contribution in [3.8, 4) is 0 Å². The molecule has 2 fully saturated rings. The van der Waals surface area contributed by atoms with Gasteiger partial charge >= 0.3 is 0 Å². The first-order valence-corrected chi connectivity index (χ1v) is 3.62. The predicted molar refractivity (Wildman–Crippen MR) is 37.8 cm³/mol. The number of nitrogens with one attached hydrogen (secondary N) is 1. The third-order valence-corrected chi connectivity index (χ3v) is 2.29. The number of rotatable bonds is 0. The van der Waals surface area contributed by atoms with Crippen LogP contribution in [-0.2, 0) is 4.79 Å². The molecular weight excluding hydrogens is 130 g/mol. The van der Waals surface area contributed by atoms with Crippen molar-refractivity contribution in [3.63, 3.8) is 0 Å². The Hall–Kier alpha value is -0.570. The molecule has 1 spiro atoms. The van der Waals surface area contributed by atoms with Crippen LogP contribution in [0, 0.1) is 5.41 Å². The van der Waals surface area contributed by atoms with Gasteiger partial charge in [-0.15, -0.1) is 0 Å². The Bertz CT molecular complexity index is 113. The van der Waals surface area contributed by atoms with Crippen LogP contribution in [0.3, 0.4) is 0 Å². The van der Waals surface area contributed by atoms with Crippen molar-refractivity contribution in [2.24, 2.45) is 5.41 Å². The fourth-order valence-corrected chi connectivity index (χ4v) is 1.40. The van der Waals surface area contributed by atoms with E-state index in [1.165, 1.54) is 32.4 Å². The second kappa shape index (κ2) is 3.01. The largest absolute Gasteiger partial charge is 0.483 e. The molecule has 2 rings (SSSR count). The predicted octanol–water partition coefficient (Wildman–Crippen LogP) is 0.461. The van der Waals surface area contributed by atoms with E-state index < -0.39 is 0 Å². The Balaban J connectivity index is 0.000000148. The summed E-state index contributed by atoms with van der Waals surface area (Å²) in [5.41, 5.74) is 0.833. The van der Waals surface area contributed by atoms with Crippen LogP contribution in [0.1, 0.15) is 19.3 Å². The topological polar surface area (TPSA) is 49.3 Å². The van der Waals surface area contributed by atoms with Crippen LogP contribution >= 0.6 is 0 Å². The van der Waals surface area contributed by atoms with E-state index in [2.05, 4.69) is 5.32 Å². The molecule has 10 heavy (non-hydrogen) atoms. The molecule has 58 valence electrons. The first kappa shape index (κ1) is 7.54. The minimum atomic E-state index is -0.250. The Kier molecular flexibility index (Phi) is 2.27. The van der Waals surface area contributed by atoms with Crippen molar-refractivity contribution in [2.75, 3.05) is 13.1 Å². The number of carboxylic acid groups (broad SMARTS) is 1. The molecular formula is C7H13NO2. The van der Waals surface area contributed by atoms with Gasteiger partial charge in [-0.25, -0.2) is 0 Å².